The molecular weight excluding hydrogens is 496 g/mol. The number of halogens is 12. The van der Waals surface area contributed by atoms with Crippen LogP contribution in [-0.4, -0.2) is 25.5 Å². The first-order valence-corrected chi connectivity index (χ1v) is 8.96. The van der Waals surface area contributed by atoms with Gasteiger partial charge in [0.1, 0.15) is 0 Å². The molecule has 2 aromatic rings. The minimum absolute atomic E-state index is 0.0636. The molecule has 0 amide bonds. The van der Waals surface area contributed by atoms with Crippen LogP contribution in [0.3, 0.4) is 0 Å². The summed E-state index contributed by atoms with van der Waals surface area (Å²) in [6.07, 6.45) is -18.8. The molecule has 0 aliphatic carbocycles. The van der Waals surface area contributed by atoms with Crippen LogP contribution in [0, 0.1) is 0 Å². The van der Waals surface area contributed by atoms with E-state index in [1.807, 2.05) is 0 Å². The summed E-state index contributed by atoms with van der Waals surface area (Å²) >= 11 is 0. The molecule has 0 bridgehead atoms. The first-order chi connectivity index (χ1) is 15.4. The van der Waals surface area contributed by atoms with Crippen molar-refractivity contribution in [2.75, 3.05) is 13.1 Å². The smallest absolute Gasteiger partial charge is 0.291 e. The summed E-state index contributed by atoms with van der Waals surface area (Å²) < 4.78 is 154. The Morgan fingerprint density at radius 1 is 0.441 bits per heavy atom. The molecule has 0 saturated carbocycles. The predicted molar refractivity (Wildman–Crippen MR) is 97.8 cm³/mol. The zero-order chi connectivity index (χ0) is 25.9. The van der Waals surface area contributed by atoms with Crippen LogP contribution in [0.15, 0.2) is 46.4 Å². The highest BCUT2D eigenvalue weighted by atomic mass is 19.4. The van der Waals surface area contributed by atoms with Crippen LogP contribution in [0.25, 0.3) is 0 Å². The fraction of sp³-hybridized carbons (Fsp3) is 0.300. The van der Waals surface area contributed by atoms with Gasteiger partial charge in [-0.2, -0.15) is 52.7 Å². The van der Waals surface area contributed by atoms with E-state index in [1.54, 1.807) is 0 Å². The van der Waals surface area contributed by atoms with Gasteiger partial charge in [-0.25, -0.2) is 0 Å². The van der Waals surface area contributed by atoms with Crippen LogP contribution in [-0.2, 0) is 24.7 Å². The number of alkyl halides is 12. The Bertz CT molecular complexity index is 907. The normalized spacial score (nSPS) is 13.9. The lowest BCUT2D eigenvalue weighted by Crippen LogP contribution is -2.12. The highest BCUT2D eigenvalue weighted by molar-refractivity contribution is 5.81. The zero-order valence-corrected chi connectivity index (χ0v) is 16.5. The maximum atomic E-state index is 12.8. The van der Waals surface area contributed by atoms with Gasteiger partial charge in [0.15, 0.2) is 0 Å². The van der Waals surface area contributed by atoms with Crippen LogP contribution in [0.1, 0.15) is 33.4 Å². The largest absolute Gasteiger partial charge is 0.416 e. The second-order valence-corrected chi connectivity index (χ2v) is 6.75. The van der Waals surface area contributed by atoms with Gasteiger partial charge in [0.25, 0.3) is 0 Å². The molecule has 0 saturated heterocycles. The highest BCUT2D eigenvalue weighted by Crippen LogP contribution is 2.37. The number of hydrogen-bond acceptors (Lipinski definition) is 2. The van der Waals surface area contributed by atoms with E-state index < -0.39 is 58.1 Å². The molecule has 0 spiro atoms. The van der Waals surface area contributed by atoms with Crippen LogP contribution < -0.4 is 0 Å². The van der Waals surface area contributed by atoms with E-state index in [-0.39, 0.29) is 25.2 Å². The van der Waals surface area contributed by atoms with Gasteiger partial charge in [-0.15, -0.1) is 0 Å². The summed E-state index contributed by atoms with van der Waals surface area (Å²) in [6, 6.07) is 1.61. The van der Waals surface area contributed by atoms with Gasteiger partial charge >= 0.3 is 24.7 Å². The molecule has 186 valence electrons. The van der Waals surface area contributed by atoms with E-state index in [1.165, 1.54) is 0 Å². The molecule has 0 aliphatic heterocycles. The Morgan fingerprint density at radius 3 is 0.882 bits per heavy atom. The van der Waals surface area contributed by atoms with Crippen molar-refractivity contribution in [1.29, 1.82) is 0 Å². The third-order valence-corrected chi connectivity index (χ3v) is 4.06. The lowest BCUT2D eigenvalue weighted by atomic mass is 10.1. The fourth-order valence-corrected chi connectivity index (χ4v) is 2.56. The van der Waals surface area contributed by atoms with Crippen molar-refractivity contribution < 1.29 is 52.7 Å². The number of nitrogens with zero attached hydrogens (tertiary/aromatic N) is 2. The van der Waals surface area contributed by atoms with Crippen LogP contribution in [0.4, 0.5) is 52.7 Å². The summed E-state index contributed by atoms with van der Waals surface area (Å²) in [7, 11) is 0. The molecular formula is C20H12F12N2. The third-order valence-electron chi connectivity index (χ3n) is 4.06. The first-order valence-electron chi connectivity index (χ1n) is 8.96. The monoisotopic (exact) mass is 508 g/mol. The van der Waals surface area contributed by atoms with Crippen LogP contribution >= 0.6 is 0 Å². The molecule has 2 rings (SSSR count). The van der Waals surface area contributed by atoms with Gasteiger partial charge in [-0.3, -0.25) is 9.98 Å². The van der Waals surface area contributed by atoms with Gasteiger partial charge in [0.05, 0.1) is 35.3 Å². The van der Waals surface area contributed by atoms with Crippen LogP contribution in [0.5, 0.6) is 0 Å². The Balaban J connectivity index is 2.16. The summed E-state index contributed by atoms with van der Waals surface area (Å²) in [5, 5.41) is 0. The molecule has 0 unspecified atom stereocenters. The molecule has 2 nitrogen and oxygen atoms in total. The van der Waals surface area contributed by atoms with E-state index in [9.17, 15) is 52.7 Å². The number of hydrogen-bond donors (Lipinski definition) is 0. The SMILES string of the molecule is FC(F)(F)c1cc(C=NCCN=Cc2cc(C(F)(F)F)cc(C(F)(F)F)c2)cc(C(F)(F)F)c1. The second kappa shape index (κ2) is 9.66. The molecule has 34 heavy (non-hydrogen) atoms. The fourth-order valence-electron chi connectivity index (χ4n) is 2.56. The molecule has 0 fully saturated rings. The molecule has 2 aromatic carbocycles. The third kappa shape index (κ3) is 7.76. The average Bonchev–Trinajstić information content (AvgIpc) is 2.67. The summed E-state index contributed by atoms with van der Waals surface area (Å²) in [4.78, 5) is 7.20. The molecule has 0 atom stereocenters. The van der Waals surface area contributed by atoms with E-state index in [0.717, 1.165) is 0 Å². The van der Waals surface area contributed by atoms with Gasteiger partial charge in [-0.05, 0) is 47.5 Å². The lowest BCUT2D eigenvalue weighted by Gasteiger charge is -2.12. The Kier molecular flexibility index (Phi) is 7.73. The summed E-state index contributed by atoms with van der Waals surface area (Å²) in [5.41, 5.74) is -7.23. The molecule has 14 heteroatoms. The van der Waals surface area contributed by atoms with E-state index >= 15 is 0 Å². The van der Waals surface area contributed by atoms with Gasteiger partial charge in [0, 0.05) is 12.4 Å². The molecule has 0 N–H and O–H groups in total. The zero-order valence-electron chi connectivity index (χ0n) is 16.5. The lowest BCUT2D eigenvalue weighted by molar-refractivity contribution is -0.144. The Hall–Kier alpha value is -3.06. The molecule has 0 aliphatic rings. The standard InChI is InChI=1S/C20H12F12N2/c21-17(22,23)13-3-11(4-14(7-13)18(24,25)26)9-33-1-2-34-10-12-5-15(19(27,28)29)8-16(6-12)20(30,31)32/h3-10H,1-2H2. The Labute approximate surface area is 183 Å². The van der Waals surface area contributed by atoms with Gasteiger partial charge in [-0.1, -0.05) is 0 Å². The maximum Gasteiger partial charge on any atom is 0.416 e. The second-order valence-electron chi connectivity index (χ2n) is 6.75. The van der Waals surface area contributed by atoms with Crippen molar-refractivity contribution in [2.45, 2.75) is 24.7 Å². The minimum Gasteiger partial charge on any atom is -0.291 e. The van der Waals surface area contributed by atoms with E-state index in [0.29, 0.717) is 36.7 Å². The number of aliphatic imine (C=N–C) groups is 2. The average molecular weight is 508 g/mol. The molecule has 0 aromatic heterocycles. The minimum atomic E-state index is -5.05. The first kappa shape index (κ1) is 27.2. The predicted octanol–water partition coefficient (Wildman–Crippen LogP) is 7.30. The molecule has 0 heterocycles. The van der Waals surface area contributed by atoms with E-state index in [2.05, 4.69) is 9.98 Å². The van der Waals surface area contributed by atoms with Gasteiger partial charge in [0.2, 0.25) is 0 Å². The van der Waals surface area contributed by atoms with Crippen molar-refractivity contribution in [1.82, 2.24) is 0 Å². The maximum absolute atomic E-state index is 12.8. The summed E-state index contributed by atoms with van der Waals surface area (Å²) in [6.45, 7) is -0.641. The van der Waals surface area contributed by atoms with Crippen molar-refractivity contribution in [2.24, 2.45) is 9.98 Å². The number of benzene rings is 2. The van der Waals surface area contributed by atoms with Crippen molar-refractivity contribution in [3.05, 3.63) is 69.8 Å². The van der Waals surface area contributed by atoms with Gasteiger partial charge < -0.3 is 0 Å². The van der Waals surface area contributed by atoms with Crippen LogP contribution in [0.2, 0.25) is 0 Å². The number of rotatable bonds is 5. The summed E-state index contributed by atoms with van der Waals surface area (Å²) in [5.74, 6) is 0. The quantitative estimate of drug-likeness (QED) is 0.230. The Morgan fingerprint density at radius 2 is 0.676 bits per heavy atom. The van der Waals surface area contributed by atoms with E-state index in [4.69, 9.17) is 0 Å². The molecule has 0 radical (unpaired) electrons. The van der Waals surface area contributed by atoms with Crippen molar-refractivity contribution >= 4 is 12.4 Å². The highest BCUT2D eigenvalue weighted by Gasteiger charge is 2.37. The van der Waals surface area contributed by atoms with Crippen molar-refractivity contribution in [3.63, 3.8) is 0 Å². The van der Waals surface area contributed by atoms with Crippen molar-refractivity contribution in [3.8, 4) is 0 Å². The topological polar surface area (TPSA) is 24.7 Å².